The van der Waals surface area contributed by atoms with Crippen LogP contribution >= 0.6 is 0 Å². The van der Waals surface area contributed by atoms with Crippen molar-refractivity contribution in [1.29, 1.82) is 0 Å². The molecule has 1 aliphatic carbocycles. The smallest absolute Gasteiger partial charge is 0.276 e. The summed E-state index contributed by atoms with van der Waals surface area (Å²) in [6, 6.07) is 4.75. The highest BCUT2D eigenvalue weighted by Gasteiger charge is 2.39. The molecular formula is C23H22N6O4. The predicted molar refractivity (Wildman–Crippen MR) is 114 cm³/mol. The third kappa shape index (κ3) is 3.24. The predicted octanol–water partition coefficient (Wildman–Crippen LogP) is 0.819. The van der Waals surface area contributed by atoms with Gasteiger partial charge in [-0.2, -0.15) is 0 Å². The van der Waals surface area contributed by atoms with Crippen LogP contribution in [0.3, 0.4) is 0 Å². The highest BCUT2D eigenvalue weighted by Crippen LogP contribution is 2.31. The molecule has 4 aliphatic heterocycles. The van der Waals surface area contributed by atoms with Gasteiger partial charge in [0, 0.05) is 25.1 Å². The molecular weight excluding hydrogens is 424 g/mol. The summed E-state index contributed by atoms with van der Waals surface area (Å²) in [4.78, 5) is 52.9. The molecule has 0 saturated carbocycles. The van der Waals surface area contributed by atoms with Crippen molar-refractivity contribution in [3.63, 3.8) is 0 Å². The SMILES string of the molecule is O=C1CCC(N2Cc3cc(-n4cc(C(=O)N5CC6C=CC5CC6)nn4)ccc3C2=O)C(=O)N1. The topological polar surface area (TPSA) is 118 Å². The number of hydrogen-bond acceptors (Lipinski definition) is 6. The van der Waals surface area contributed by atoms with Crippen LogP contribution in [0.25, 0.3) is 5.69 Å². The van der Waals surface area contributed by atoms with Crippen molar-refractivity contribution in [3.05, 3.63) is 53.4 Å². The summed E-state index contributed by atoms with van der Waals surface area (Å²) < 4.78 is 1.53. The summed E-state index contributed by atoms with van der Waals surface area (Å²) >= 11 is 0. The number of hydrogen-bond donors (Lipinski definition) is 1. The molecule has 33 heavy (non-hydrogen) atoms. The fourth-order valence-corrected chi connectivity index (χ4v) is 5.23. The third-order valence-electron chi connectivity index (χ3n) is 7.02. The second-order valence-corrected chi connectivity index (χ2v) is 9.04. The van der Waals surface area contributed by atoms with Gasteiger partial charge in [-0.15, -0.1) is 5.10 Å². The first-order valence-corrected chi connectivity index (χ1v) is 11.2. The highest BCUT2D eigenvalue weighted by atomic mass is 16.2. The lowest BCUT2D eigenvalue weighted by molar-refractivity contribution is -0.136. The van der Waals surface area contributed by atoms with Crippen LogP contribution in [0.4, 0.5) is 0 Å². The molecule has 10 nitrogen and oxygen atoms in total. The minimum absolute atomic E-state index is 0.122. The average Bonchev–Trinajstić information content (AvgIpc) is 3.44. The lowest BCUT2D eigenvalue weighted by Crippen LogP contribution is -2.52. The van der Waals surface area contributed by atoms with E-state index in [9.17, 15) is 19.2 Å². The zero-order chi connectivity index (χ0) is 22.7. The second kappa shape index (κ2) is 7.36. The Kier molecular flexibility index (Phi) is 4.42. The zero-order valence-electron chi connectivity index (χ0n) is 17.8. The summed E-state index contributed by atoms with van der Waals surface area (Å²) in [5, 5.41) is 10.5. The Hall–Kier alpha value is -3.82. The number of carbonyl (C=O) groups is 4. The van der Waals surface area contributed by atoms with E-state index in [-0.39, 0.29) is 42.4 Å². The van der Waals surface area contributed by atoms with Crippen LogP contribution in [0, 0.1) is 5.92 Å². The average molecular weight is 446 g/mol. The van der Waals surface area contributed by atoms with E-state index in [4.69, 9.17) is 0 Å². The van der Waals surface area contributed by atoms with Crippen LogP contribution < -0.4 is 5.32 Å². The van der Waals surface area contributed by atoms with Gasteiger partial charge < -0.3 is 9.80 Å². The fraction of sp³-hybridized carbons (Fsp3) is 0.391. The molecule has 5 heterocycles. The van der Waals surface area contributed by atoms with E-state index in [0.29, 0.717) is 30.1 Å². The Balaban J connectivity index is 1.22. The second-order valence-electron chi connectivity index (χ2n) is 9.04. The van der Waals surface area contributed by atoms with Gasteiger partial charge in [-0.05, 0) is 48.9 Å². The van der Waals surface area contributed by atoms with Crippen LogP contribution in [0.15, 0.2) is 36.5 Å². The number of imide groups is 1. The van der Waals surface area contributed by atoms with Crippen molar-refractivity contribution in [2.45, 2.75) is 44.3 Å². The van der Waals surface area contributed by atoms with Crippen molar-refractivity contribution in [1.82, 2.24) is 30.1 Å². The van der Waals surface area contributed by atoms with Crippen LogP contribution in [-0.4, -0.2) is 67.1 Å². The Labute approximate surface area is 189 Å². The molecule has 7 rings (SSSR count). The first-order valence-electron chi connectivity index (χ1n) is 11.2. The van der Waals surface area contributed by atoms with Crippen molar-refractivity contribution in [2.24, 2.45) is 5.92 Å². The molecule has 2 saturated heterocycles. The van der Waals surface area contributed by atoms with Gasteiger partial charge in [-0.3, -0.25) is 24.5 Å². The molecule has 0 radical (unpaired) electrons. The normalized spacial score (nSPS) is 26.1. The fourth-order valence-electron chi connectivity index (χ4n) is 5.23. The number of fused-ring (bicyclic) bond motifs is 3. The van der Waals surface area contributed by atoms with Crippen molar-refractivity contribution in [3.8, 4) is 5.69 Å². The number of piperidine rings is 2. The van der Waals surface area contributed by atoms with E-state index in [1.807, 2.05) is 11.0 Å². The molecule has 2 aromatic rings. The minimum Gasteiger partial charge on any atom is -0.330 e. The Morgan fingerprint density at radius 3 is 2.70 bits per heavy atom. The molecule has 2 fully saturated rings. The third-order valence-corrected chi connectivity index (χ3v) is 7.02. The molecule has 168 valence electrons. The summed E-state index contributed by atoms with van der Waals surface area (Å²) in [7, 11) is 0. The van der Waals surface area contributed by atoms with Gasteiger partial charge in [0.25, 0.3) is 11.8 Å². The number of amides is 4. The van der Waals surface area contributed by atoms with E-state index in [0.717, 1.165) is 18.4 Å². The largest absolute Gasteiger partial charge is 0.330 e. The van der Waals surface area contributed by atoms with Crippen LogP contribution in [0.2, 0.25) is 0 Å². The van der Waals surface area contributed by atoms with Crippen molar-refractivity contribution in [2.75, 3.05) is 6.54 Å². The maximum atomic E-state index is 13.0. The number of rotatable bonds is 3. The molecule has 1 aromatic heterocycles. The van der Waals surface area contributed by atoms with E-state index < -0.39 is 11.9 Å². The molecule has 4 amide bonds. The van der Waals surface area contributed by atoms with Gasteiger partial charge in [-0.1, -0.05) is 17.4 Å². The van der Waals surface area contributed by atoms with Crippen LogP contribution in [0.5, 0.6) is 0 Å². The molecule has 10 heteroatoms. The lowest BCUT2D eigenvalue weighted by atomic mass is 9.86. The van der Waals surface area contributed by atoms with Crippen molar-refractivity contribution >= 4 is 23.6 Å². The number of benzene rings is 1. The Morgan fingerprint density at radius 2 is 1.97 bits per heavy atom. The van der Waals surface area contributed by atoms with Gasteiger partial charge >= 0.3 is 0 Å². The summed E-state index contributed by atoms with van der Waals surface area (Å²) in [5.74, 6) is -0.689. The molecule has 2 bridgehead atoms. The molecule has 5 aliphatic rings. The first-order chi connectivity index (χ1) is 16.0. The Morgan fingerprint density at radius 1 is 1.09 bits per heavy atom. The minimum atomic E-state index is -0.657. The molecule has 0 spiro atoms. The molecule has 3 unspecified atom stereocenters. The molecule has 1 aromatic carbocycles. The maximum absolute atomic E-state index is 13.0. The first kappa shape index (κ1) is 19.8. The van der Waals surface area contributed by atoms with Gasteiger partial charge in [0.1, 0.15) is 6.04 Å². The highest BCUT2D eigenvalue weighted by molar-refractivity contribution is 6.05. The maximum Gasteiger partial charge on any atom is 0.276 e. The number of aromatic nitrogens is 3. The van der Waals surface area contributed by atoms with E-state index in [2.05, 4.69) is 27.8 Å². The van der Waals surface area contributed by atoms with Gasteiger partial charge in [0.05, 0.1) is 17.9 Å². The molecule has 1 N–H and O–H groups in total. The lowest BCUT2D eigenvalue weighted by Gasteiger charge is -2.40. The van der Waals surface area contributed by atoms with E-state index in [1.54, 1.807) is 18.3 Å². The standard InChI is InChI=1S/C23H22N6O4/c30-20-8-7-19(21(31)24-20)28-11-14-9-16(5-6-17(14)22(28)32)29-12-18(25-26-29)23(33)27-10-13-1-3-15(27)4-2-13/h1,3,5-6,9,12-13,15,19H,2,4,7-8,10-11H2,(H,24,30,31). The number of nitrogens with zero attached hydrogens (tertiary/aromatic N) is 5. The zero-order valence-corrected chi connectivity index (χ0v) is 17.8. The van der Waals surface area contributed by atoms with Crippen molar-refractivity contribution < 1.29 is 19.2 Å². The van der Waals surface area contributed by atoms with Gasteiger partial charge in [0.2, 0.25) is 11.8 Å². The number of carbonyl (C=O) groups excluding carboxylic acids is 4. The summed E-state index contributed by atoms with van der Waals surface area (Å²) in [6.07, 6.45) is 8.53. The van der Waals surface area contributed by atoms with E-state index >= 15 is 0 Å². The van der Waals surface area contributed by atoms with Crippen LogP contribution in [-0.2, 0) is 16.1 Å². The van der Waals surface area contributed by atoms with Crippen LogP contribution in [0.1, 0.15) is 52.1 Å². The summed E-state index contributed by atoms with van der Waals surface area (Å²) in [5.41, 5.74) is 2.26. The van der Waals surface area contributed by atoms with Gasteiger partial charge in [0.15, 0.2) is 5.69 Å². The quantitative estimate of drug-likeness (QED) is 0.551. The monoisotopic (exact) mass is 446 g/mol. The Bertz CT molecular complexity index is 1230. The van der Waals surface area contributed by atoms with E-state index in [1.165, 1.54) is 9.58 Å². The van der Waals surface area contributed by atoms with Gasteiger partial charge in [-0.25, -0.2) is 4.68 Å². The number of nitrogens with one attached hydrogen (secondary N) is 1. The summed E-state index contributed by atoms with van der Waals surface area (Å²) in [6.45, 7) is 0.988. The molecule has 3 atom stereocenters.